The highest BCUT2D eigenvalue weighted by Crippen LogP contribution is 2.48. The monoisotopic (exact) mass is 197 g/mol. The Bertz CT molecular complexity index is 187. The van der Waals surface area contributed by atoms with Gasteiger partial charge in [-0.05, 0) is 44.4 Å². The summed E-state index contributed by atoms with van der Waals surface area (Å²) in [5, 5.41) is 3.77. The highest BCUT2D eigenvalue weighted by molar-refractivity contribution is 5.01. The summed E-state index contributed by atoms with van der Waals surface area (Å²) in [6.07, 6.45) is 6.60. The summed E-state index contributed by atoms with van der Waals surface area (Å²) in [6, 6.07) is 1.46. The molecular formula is C12H23NO. The third kappa shape index (κ3) is 1.82. The van der Waals surface area contributed by atoms with Gasteiger partial charge in [-0.1, -0.05) is 6.92 Å². The van der Waals surface area contributed by atoms with Crippen molar-refractivity contribution in [2.45, 2.75) is 58.0 Å². The lowest BCUT2D eigenvalue weighted by Crippen LogP contribution is -2.57. The fourth-order valence-corrected chi connectivity index (χ4v) is 2.79. The maximum Gasteiger partial charge on any atom is 0.0471 e. The summed E-state index contributed by atoms with van der Waals surface area (Å²) in [5.74, 6) is 0. The fraction of sp³-hybridized carbons (Fsp3) is 1.00. The number of ether oxygens (including phenoxy) is 1. The Labute approximate surface area is 87.4 Å². The summed E-state index contributed by atoms with van der Waals surface area (Å²) in [5.41, 5.74) is 0.613. The Morgan fingerprint density at radius 1 is 1.36 bits per heavy atom. The normalized spacial score (nSPS) is 32.6. The second kappa shape index (κ2) is 4.19. The van der Waals surface area contributed by atoms with Crippen molar-refractivity contribution in [3.8, 4) is 0 Å². The van der Waals surface area contributed by atoms with Gasteiger partial charge in [0.15, 0.2) is 0 Å². The van der Waals surface area contributed by atoms with Crippen LogP contribution in [-0.2, 0) is 4.74 Å². The SMILES string of the molecule is CCC(C)NC1CCC12CCOCC2. The average Bonchev–Trinajstić information content (AvgIpc) is 2.25. The van der Waals surface area contributed by atoms with Crippen LogP contribution in [0.1, 0.15) is 46.0 Å². The maximum atomic E-state index is 5.45. The van der Waals surface area contributed by atoms with E-state index in [4.69, 9.17) is 4.74 Å². The smallest absolute Gasteiger partial charge is 0.0471 e. The topological polar surface area (TPSA) is 21.3 Å². The predicted molar refractivity (Wildman–Crippen MR) is 58.4 cm³/mol. The van der Waals surface area contributed by atoms with Crippen molar-refractivity contribution in [2.75, 3.05) is 13.2 Å². The first-order valence-electron chi connectivity index (χ1n) is 6.10. The molecule has 0 aromatic carbocycles. The van der Waals surface area contributed by atoms with Crippen LogP contribution in [0.3, 0.4) is 0 Å². The van der Waals surface area contributed by atoms with Crippen LogP contribution in [-0.4, -0.2) is 25.3 Å². The van der Waals surface area contributed by atoms with Crippen LogP contribution in [0.2, 0.25) is 0 Å². The molecule has 2 heteroatoms. The zero-order valence-corrected chi connectivity index (χ0v) is 9.51. The Kier molecular flexibility index (Phi) is 3.13. The molecule has 82 valence electrons. The molecule has 0 radical (unpaired) electrons. The molecular weight excluding hydrogens is 174 g/mol. The van der Waals surface area contributed by atoms with Gasteiger partial charge < -0.3 is 10.1 Å². The van der Waals surface area contributed by atoms with Crippen molar-refractivity contribution >= 4 is 0 Å². The van der Waals surface area contributed by atoms with Crippen LogP contribution in [0.5, 0.6) is 0 Å². The molecule has 1 saturated heterocycles. The summed E-state index contributed by atoms with van der Waals surface area (Å²) in [7, 11) is 0. The van der Waals surface area contributed by atoms with Gasteiger partial charge in [0, 0.05) is 25.3 Å². The predicted octanol–water partition coefficient (Wildman–Crippen LogP) is 2.33. The lowest BCUT2D eigenvalue weighted by molar-refractivity contribution is -0.0573. The van der Waals surface area contributed by atoms with Crippen molar-refractivity contribution in [1.82, 2.24) is 5.32 Å². The molecule has 1 aliphatic carbocycles. The van der Waals surface area contributed by atoms with E-state index in [1.807, 2.05) is 0 Å². The highest BCUT2D eigenvalue weighted by Gasteiger charge is 2.47. The van der Waals surface area contributed by atoms with E-state index in [2.05, 4.69) is 19.2 Å². The largest absolute Gasteiger partial charge is 0.381 e. The average molecular weight is 197 g/mol. The molecule has 2 rings (SSSR count). The Morgan fingerprint density at radius 3 is 2.57 bits per heavy atom. The lowest BCUT2D eigenvalue weighted by Gasteiger charge is -2.53. The van der Waals surface area contributed by atoms with E-state index in [-0.39, 0.29) is 0 Å². The number of nitrogens with one attached hydrogen (secondary N) is 1. The van der Waals surface area contributed by atoms with E-state index in [1.54, 1.807) is 0 Å². The molecule has 2 aliphatic rings. The summed E-state index contributed by atoms with van der Waals surface area (Å²) < 4.78 is 5.45. The van der Waals surface area contributed by atoms with Crippen molar-refractivity contribution in [1.29, 1.82) is 0 Å². The molecule has 0 amide bonds. The maximum absolute atomic E-state index is 5.45. The molecule has 0 bridgehead atoms. The molecule has 2 atom stereocenters. The minimum Gasteiger partial charge on any atom is -0.381 e. The van der Waals surface area contributed by atoms with Crippen LogP contribution < -0.4 is 5.32 Å². The van der Waals surface area contributed by atoms with Crippen molar-refractivity contribution in [3.05, 3.63) is 0 Å². The molecule has 0 aromatic heterocycles. The molecule has 2 fully saturated rings. The minimum atomic E-state index is 0.613. The fourth-order valence-electron chi connectivity index (χ4n) is 2.79. The van der Waals surface area contributed by atoms with Crippen LogP contribution in [0.15, 0.2) is 0 Å². The van der Waals surface area contributed by atoms with Crippen LogP contribution >= 0.6 is 0 Å². The van der Waals surface area contributed by atoms with E-state index in [9.17, 15) is 0 Å². The lowest BCUT2D eigenvalue weighted by atomic mass is 9.60. The van der Waals surface area contributed by atoms with Gasteiger partial charge >= 0.3 is 0 Å². The first-order chi connectivity index (χ1) is 6.77. The highest BCUT2D eigenvalue weighted by atomic mass is 16.5. The molecule has 1 heterocycles. The molecule has 0 aromatic rings. The first-order valence-corrected chi connectivity index (χ1v) is 6.10. The molecule has 1 aliphatic heterocycles. The first kappa shape index (κ1) is 10.4. The van der Waals surface area contributed by atoms with Gasteiger partial charge in [0.05, 0.1) is 0 Å². The molecule has 2 unspecified atom stereocenters. The van der Waals surface area contributed by atoms with E-state index >= 15 is 0 Å². The van der Waals surface area contributed by atoms with Crippen molar-refractivity contribution in [3.63, 3.8) is 0 Å². The molecule has 2 nitrogen and oxygen atoms in total. The van der Waals surface area contributed by atoms with Crippen molar-refractivity contribution in [2.24, 2.45) is 5.41 Å². The third-order valence-electron chi connectivity index (χ3n) is 4.26. The van der Waals surface area contributed by atoms with Gasteiger partial charge in [-0.25, -0.2) is 0 Å². The summed E-state index contributed by atoms with van der Waals surface area (Å²) >= 11 is 0. The Morgan fingerprint density at radius 2 is 2.07 bits per heavy atom. The summed E-state index contributed by atoms with van der Waals surface area (Å²) in [6.45, 7) is 6.52. The second-order valence-electron chi connectivity index (χ2n) is 5.04. The summed E-state index contributed by atoms with van der Waals surface area (Å²) in [4.78, 5) is 0. The van der Waals surface area contributed by atoms with Gasteiger partial charge in [0.2, 0.25) is 0 Å². The molecule has 1 spiro atoms. The van der Waals surface area contributed by atoms with E-state index in [0.29, 0.717) is 11.5 Å². The van der Waals surface area contributed by atoms with Gasteiger partial charge in [-0.3, -0.25) is 0 Å². The van der Waals surface area contributed by atoms with Crippen LogP contribution in [0, 0.1) is 5.41 Å². The van der Waals surface area contributed by atoms with Crippen LogP contribution in [0.4, 0.5) is 0 Å². The standard InChI is InChI=1S/C12H23NO/c1-3-10(2)13-11-4-5-12(11)6-8-14-9-7-12/h10-11,13H,3-9H2,1-2H3. The molecule has 1 N–H and O–H groups in total. The van der Waals surface area contributed by atoms with Crippen molar-refractivity contribution < 1.29 is 4.74 Å². The van der Waals surface area contributed by atoms with E-state index in [1.165, 1.54) is 32.1 Å². The Hall–Kier alpha value is -0.0800. The third-order valence-corrected chi connectivity index (χ3v) is 4.26. The second-order valence-corrected chi connectivity index (χ2v) is 5.04. The number of hydrogen-bond donors (Lipinski definition) is 1. The van der Waals surface area contributed by atoms with Gasteiger partial charge in [-0.15, -0.1) is 0 Å². The zero-order chi connectivity index (χ0) is 10.0. The van der Waals surface area contributed by atoms with E-state index in [0.717, 1.165) is 19.3 Å². The van der Waals surface area contributed by atoms with Gasteiger partial charge in [0.25, 0.3) is 0 Å². The zero-order valence-electron chi connectivity index (χ0n) is 9.51. The quantitative estimate of drug-likeness (QED) is 0.750. The Balaban J connectivity index is 1.87. The minimum absolute atomic E-state index is 0.613. The van der Waals surface area contributed by atoms with E-state index < -0.39 is 0 Å². The van der Waals surface area contributed by atoms with Gasteiger partial charge in [0.1, 0.15) is 0 Å². The number of rotatable bonds is 3. The molecule has 1 saturated carbocycles. The van der Waals surface area contributed by atoms with Crippen LogP contribution in [0.25, 0.3) is 0 Å². The molecule has 14 heavy (non-hydrogen) atoms. The number of hydrogen-bond acceptors (Lipinski definition) is 2. The van der Waals surface area contributed by atoms with Gasteiger partial charge in [-0.2, -0.15) is 0 Å².